The molecule has 1 heterocycles. The molecule has 0 aromatic heterocycles. The van der Waals surface area contributed by atoms with Gasteiger partial charge in [-0.1, -0.05) is 17.7 Å². The highest BCUT2D eigenvalue weighted by Crippen LogP contribution is 2.28. The Balaban J connectivity index is 1.96. The predicted molar refractivity (Wildman–Crippen MR) is 78.0 cm³/mol. The number of aliphatic carboxylic acids is 1. The zero-order valence-electron chi connectivity index (χ0n) is 11.9. The normalized spacial score (nSPS) is 13.9. The summed E-state index contributed by atoms with van der Waals surface area (Å²) in [5, 5.41) is 8.59. The van der Waals surface area contributed by atoms with E-state index in [1.54, 1.807) is 0 Å². The molecule has 0 saturated carbocycles. The van der Waals surface area contributed by atoms with E-state index in [0.717, 1.165) is 25.1 Å². The van der Waals surface area contributed by atoms with E-state index in [-0.39, 0.29) is 12.3 Å². The Labute approximate surface area is 119 Å². The maximum atomic E-state index is 12.3. The van der Waals surface area contributed by atoms with Crippen LogP contribution in [-0.4, -0.2) is 23.5 Å². The third kappa shape index (κ3) is 3.59. The van der Waals surface area contributed by atoms with Crippen LogP contribution in [0.1, 0.15) is 43.2 Å². The molecule has 4 heteroatoms. The van der Waals surface area contributed by atoms with Crippen molar-refractivity contribution in [1.82, 2.24) is 0 Å². The SMILES string of the molecule is Cc1ccc2c(c1)CCCN2C(=O)CCCCC(=O)O. The summed E-state index contributed by atoms with van der Waals surface area (Å²) < 4.78 is 0. The highest BCUT2D eigenvalue weighted by Gasteiger charge is 2.21. The van der Waals surface area contributed by atoms with Crippen molar-refractivity contribution in [2.45, 2.75) is 45.4 Å². The fourth-order valence-corrected chi connectivity index (χ4v) is 2.67. The average Bonchev–Trinajstić information content (AvgIpc) is 2.42. The van der Waals surface area contributed by atoms with E-state index in [9.17, 15) is 9.59 Å². The molecule has 1 aliphatic heterocycles. The van der Waals surface area contributed by atoms with Gasteiger partial charge < -0.3 is 10.0 Å². The highest BCUT2D eigenvalue weighted by molar-refractivity contribution is 5.94. The molecule has 1 amide bonds. The molecule has 0 bridgehead atoms. The van der Waals surface area contributed by atoms with Crippen LogP contribution in [0.4, 0.5) is 5.69 Å². The Bertz CT molecular complexity index is 510. The van der Waals surface area contributed by atoms with E-state index in [2.05, 4.69) is 13.0 Å². The van der Waals surface area contributed by atoms with E-state index in [1.807, 2.05) is 17.0 Å². The van der Waals surface area contributed by atoms with Gasteiger partial charge in [0.2, 0.25) is 5.91 Å². The second-order valence-corrected chi connectivity index (χ2v) is 5.38. The van der Waals surface area contributed by atoms with E-state index >= 15 is 0 Å². The molecule has 0 saturated heterocycles. The number of hydrogen-bond donors (Lipinski definition) is 1. The molecule has 0 spiro atoms. The minimum atomic E-state index is -0.795. The molecule has 1 N–H and O–H groups in total. The van der Waals surface area contributed by atoms with Gasteiger partial charge in [-0.3, -0.25) is 9.59 Å². The maximum Gasteiger partial charge on any atom is 0.303 e. The third-order valence-electron chi connectivity index (χ3n) is 3.69. The summed E-state index contributed by atoms with van der Waals surface area (Å²) in [7, 11) is 0. The maximum absolute atomic E-state index is 12.3. The standard InChI is InChI=1S/C16H21NO3/c1-12-8-9-14-13(11-12)5-4-10-17(14)15(18)6-2-3-7-16(19)20/h8-9,11H,2-7,10H2,1H3,(H,19,20). The minimum Gasteiger partial charge on any atom is -0.481 e. The number of carbonyl (C=O) groups excluding carboxylic acids is 1. The van der Waals surface area contributed by atoms with Crippen LogP contribution in [-0.2, 0) is 16.0 Å². The summed E-state index contributed by atoms with van der Waals surface area (Å²) in [6.45, 7) is 2.83. The molecule has 0 atom stereocenters. The van der Waals surface area contributed by atoms with Crippen LogP contribution in [0.2, 0.25) is 0 Å². The van der Waals surface area contributed by atoms with Crippen LogP contribution in [0.15, 0.2) is 18.2 Å². The van der Waals surface area contributed by atoms with Crippen molar-refractivity contribution in [2.24, 2.45) is 0 Å². The molecule has 1 aromatic rings. The van der Waals surface area contributed by atoms with Crippen LogP contribution in [0.25, 0.3) is 0 Å². The van der Waals surface area contributed by atoms with Gasteiger partial charge in [0.25, 0.3) is 0 Å². The first kappa shape index (κ1) is 14.6. The van der Waals surface area contributed by atoms with Gasteiger partial charge in [-0.25, -0.2) is 0 Å². The highest BCUT2D eigenvalue weighted by atomic mass is 16.4. The van der Waals surface area contributed by atoms with Crippen molar-refractivity contribution in [3.05, 3.63) is 29.3 Å². The van der Waals surface area contributed by atoms with Gasteiger partial charge in [0.1, 0.15) is 0 Å². The number of nitrogens with zero attached hydrogens (tertiary/aromatic N) is 1. The number of carboxylic acid groups (broad SMARTS) is 1. The fourth-order valence-electron chi connectivity index (χ4n) is 2.67. The van der Waals surface area contributed by atoms with Crippen LogP contribution in [0.3, 0.4) is 0 Å². The van der Waals surface area contributed by atoms with Gasteiger partial charge in [-0.15, -0.1) is 0 Å². The monoisotopic (exact) mass is 275 g/mol. The van der Waals surface area contributed by atoms with Gasteiger partial charge in [-0.05, 0) is 44.2 Å². The zero-order valence-corrected chi connectivity index (χ0v) is 11.9. The molecule has 2 rings (SSSR count). The largest absolute Gasteiger partial charge is 0.481 e. The van der Waals surface area contributed by atoms with Crippen molar-refractivity contribution in [3.63, 3.8) is 0 Å². The van der Waals surface area contributed by atoms with E-state index in [4.69, 9.17) is 5.11 Å². The van der Waals surface area contributed by atoms with Gasteiger partial charge in [0.15, 0.2) is 0 Å². The number of anilines is 1. The number of carboxylic acids is 1. The lowest BCUT2D eigenvalue weighted by atomic mass is 9.99. The number of aryl methyl sites for hydroxylation is 2. The average molecular weight is 275 g/mol. The Hall–Kier alpha value is -1.84. The summed E-state index contributed by atoms with van der Waals surface area (Å²) in [6.07, 6.45) is 3.80. The van der Waals surface area contributed by atoms with Gasteiger partial charge in [0, 0.05) is 25.1 Å². The molecule has 0 radical (unpaired) electrons. The number of rotatable bonds is 5. The molecule has 20 heavy (non-hydrogen) atoms. The third-order valence-corrected chi connectivity index (χ3v) is 3.69. The summed E-state index contributed by atoms with van der Waals surface area (Å²) >= 11 is 0. The smallest absolute Gasteiger partial charge is 0.303 e. The molecular weight excluding hydrogens is 254 g/mol. The van der Waals surface area contributed by atoms with E-state index < -0.39 is 5.97 Å². The number of benzene rings is 1. The van der Waals surface area contributed by atoms with Crippen LogP contribution in [0, 0.1) is 6.92 Å². The molecular formula is C16H21NO3. The predicted octanol–water partition coefficient (Wildman–Crippen LogP) is 2.92. The molecule has 1 aromatic carbocycles. The lowest BCUT2D eigenvalue weighted by Gasteiger charge is -2.30. The molecule has 1 aliphatic rings. The van der Waals surface area contributed by atoms with Crippen molar-refractivity contribution in [2.75, 3.05) is 11.4 Å². The number of hydrogen-bond acceptors (Lipinski definition) is 2. The fraction of sp³-hybridized carbons (Fsp3) is 0.500. The topological polar surface area (TPSA) is 57.6 Å². The van der Waals surface area contributed by atoms with Crippen LogP contribution < -0.4 is 4.90 Å². The summed E-state index contributed by atoms with van der Waals surface area (Å²) in [5.41, 5.74) is 3.50. The lowest BCUT2D eigenvalue weighted by Crippen LogP contribution is -2.35. The Morgan fingerprint density at radius 1 is 1.25 bits per heavy atom. The molecule has 4 nitrogen and oxygen atoms in total. The van der Waals surface area contributed by atoms with Gasteiger partial charge >= 0.3 is 5.97 Å². The number of amides is 1. The van der Waals surface area contributed by atoms with Gasteiger partial charge in [-0.2, -0.15) is 0 Å². The second-order valence-electron chi connectivity index (χ2n) is 5.38. The van der Waals surface area contributed by atoms with Crippen molar-refractivity contribution in [1.29, 1.82) is 0 Å². The first-order chi connectivity index (χ1) is 9.58. The minimum absolute atomic E-state index is 0.111. The van der Waals surface area contributed by atoms with E-state index in [1.165, 1.54) is 11.1 Å². The number of unbranched alkanes of at least 4 members (excludes halogenated alkanes) is 1. The summed E-state index contributed by atoms with van der Waals surface area (Å²) in [5.74, 6) is -0.684. The van der Waals surface area contributed by atoms with Gasteiger partial charge in [0.05, 0.1) is 0 Å². The van der Waals surface area contributed by atoms with Crippen molar-refractivity contribution < 1.29 is 14.7 Å². The Morgan fingerprint density at radius 3 is 2.75 bits per heavy atom. The first-order valence-electron chi connectivity index (χ1n) is 7.19. The summed E-state index contributed by atoms with van der Waals surface area (Å²) in [6, 6.07) is 6.22. The zero-order chi connectivity index (χ0) is 14.5. The van der Waals surface area contributed by atoms with Crippen LogP contribution in [0.5, 0.6) is 0 Å². The van der Waals surface area contributed by atoms with Crippen LogP contribution >= 0.6 is 0 Å². The summed E-state index contributed by atoms with van der Waals surface area (Å²) in [4.78, 5) is 24.6. The Morgan fingerprint density at radius 2 is 2.00 bits per heavy atom. The molecule has 108 valence electrons. The molecule has 0 aliphatic carbocycles. The number of fused-ring (bicyclic) bond motifs is 1. The van der Waals surface area contributed by atoms with E-state index in [0.29, 0.717) is 19.3 Å². The second kappa shape index (κ2) is 6.55. The Kier molecular flexibility index (Phi) is 4.77. The lowest BCUT2D eigenvalue weighted by molar-refractivity contribution is -0.137. The molecule has 0 unspecified atom stereocenters. The van der Waals surface area contributed by atoms with Crippen molar-refractivity contribution in [3.8, 4) is 0 Å². The number of carbonyl (C=O) groups is 2. The quantitative estimate of drug-likeness (QED) is 0.841. The first-order valence-corrected chi connectivity index (χ1v) is 7.19. The molecule has 0 fully saturated rings. The van der Waals surface area contributed by atoms with Crippen molar-refractivity contribution >= 4 is 17.6 Å².